The molecule has 1 N–H and O–H groups in total. The molecular formula is C16H19BrClFN2O3. The Morgan fingerprint density at radius 3 is 2.71 bits per heavy atom. The van der Waals surface area contributed by atoms with Gasteiger partial charge < -0.3 is 15.0 Å². The van der Waals surface area contributed by atoms with E-state index < -0.39 is 17.5 Å². The first kappa shape index (κ1) is 19.0. The second kappa shape index (κ2) is 7.27. The number of carbonyl (C=O) groups excluding carboxylic acids is 2. The number of hydrogen-bond donors (Lipinski definition) is 1. The number of benzene rings is 1. The van der Waals surface area contributed by atoms with Gasteiger partial charge in [0.05, 0.1) is 21.1 Å². The predicted octanol–water partition coefficient (Wildman–Crippen LogP) is 3.98. The van der Waals surface area contributed by atoms with E-state index >= 15 is 0 Å². The molecule has 5 nitrogen and oxygen atoms in total. The summed E-state index contributed by atoms with van der Waals surface area (Å²) in [4.78, 5) is 25.8. The van der Waals surface area contributed by atoms with Crippen molar-refractivity contribution in [2.45, 2.75) is 38.8 Å². The summed E-state index contributed by atoms with van der Waals surface area (Å²) >= 11 is 9.06. The maximum atomic E-state index is 13.7. The Bertz CT molecular complexity index is 663. The van der Waals surface area contributed by atoms with Crippen molar-refractivity contribution in [3.63, 3.8) is 0 Å². The molecule has 1 heterocycles. The highest BCUT2D eigenvalue weighted by Gasteiger charge is 2.30. The van der Waals surface area contributed by atoms with E-state index in [0.717, 1.165) is 6.07 Å². The third-order valence-corrected chi connectivity index (χ3v) is 4.36. The van der Waals surface area contributed by atoms with Gasteiger partial charge in [-0.3, -0.25) is 4.79 Å². The van der Waals surface area contributed by atoms with E-state index in [4.69, 9.17) is 16.3 Å². The summed E-state index contributed by atoms with van der Waals surface area (Å²) in [6.07, 6.45) is 0.0799. The fraction of sp³-hybridized carbons (Fsp3) is 0.500. The highest BCUT2D eigenvalue weighted by molar-refractivity contribution is 9.10. The van der Waals surface area contributed by atoms with Crippen LogP contribution in [0.5, 0.6) is 0 Å². The minimum atomic E-state index is -0.583. The second-order valence-electron chi connectivity index (χ2n) is 6.63. The fourth-order valence-electron chi connectivity index (χ4n) is 2.39. The molecule has 1 aromatic rings. The molecule has 1 aliphatic heterocycles. The van der Waals surface area contributed by atoms with Crippen LogP contribution in [0.3, 0.4) is 0 Å². The summed E-state index contributed by atoms with van der Waals surface area (Å²) < 4.78 is 19.1. The van der Waals surface area contributed by atoms with E-state index in [9.17, 15) is 14.0 Å². The predicted molar refractivity (Wildman–Crippen MR) is 92.8 cm³/mol. The first-order valence-corrected chi connectivity index (χ1v) is 8.67. The summed E-state index contributed by atoms with van der Waals surface area (Å²) in [6, 6.07) is 2.27. The first-order valence-electron chi connectivity index (χ1n) is 7.50. The normalized spacial score (nSPS) is 17.8. The van der Waals surface area contributed by atoms with Gasteiger partial charge >= 0.3 is 6.09 Å². The van der Waals surface area contributed by atoms with Crippen LogP contribution in [0.1, 0.15) is 37.6 Å². The Labute approximate surface area is 153 Å². The molecule has 132 valence electrons. The molecule has 0 bridgehead atoms. The SMILES string of the molecule is CC(C)(C)OC(=O)NC1CCN(C(=O)c2cc(F)c(Br)cc2Cl)C1. The standard InChI is InChI=1S/C16H19BrClFN2O3/c1-16(2,3)24-15(23)20-9-4-5-21(8-9)14(22)10-6-13(19)11(17)7-12(10)18/h6-7,9H,4-5,8H2,1-3H3,(H,20,23). The molecule has 1 aliphatic rings. The molecule has 1 fully saturated rings. The maximum Gasteiger partial charge on any atom is 0.407 e. The van der Waals surface area contributed by atoms with Crippen molar-refractivity contribution in [2.24, 2.45) is 0 Å². The van der Waals surface area contributed by atoms with Crippen LogP contribution < -0.4 is 5.32 Å². The Hall–Kier alpha value is -1.34. The first-order chi connectivity index (χ1) is 11.1. The molecule has 1 unspecified atom stereocenters. The van der Waals surface area contributed by atoms with Gasteiger partial charge in [-0.1, -0.05) is 11.6 Å². The van der Waals surface area contributed by atoms with Crippen molar-refractivity contribution in [1.82, 2.24) is 10.2 Å². The quantitative estimate of drug-likeness (QED) is 0.735. The average Bonchev–Trinajstić information content (AvgIpc) is 2.88. The van der Waals surface area contributed by atoms with E-state index in [1.165, 1.54) is 11.0 Å². The van der Waals surface area contributed by atoms with E-state index in [1.807, 2.05) is 0 Å². The molecule has 2 rings (SSSR count). The Morgan fingerprint density at radius 1 is 1.42 bits per heavy atom. The Kier molecular flexibility index (Phi) is 5.75. The fourth-order valence-corrected chi connectivity index (χ4v) is 3.11. The number of rotatable bonds is 2. The van der Waals surface area contributed by atoms with Crippen LogP contribution in [0.15, 0.2) is 16.6 Å². The van der Waals surface area contributed by atoms with Crippen LogP contribution in [-0.4, -0.2) is 41.6 Å². The van der Waals surface area contributed by atoms with E-state index in [-0.39, 0.29) is 27.0 Å². The minimum absolute atomic E-state index is 0.107. The number of hydrogen-bond acceptors (Lipinski definition) is 3. The van der Waals surface area contributed by atoms with Gasteiger partial charge in [-0.15, -0.1) is 0 Å². The summed E-state index contributed by atoms with van der Waals surface area (Å²) in [7, 11) is 0. The van der Waals surface area contributed by atoms with Crippen molar-refractivity contribution >= 4 is 39.5 Å². The van der Waals surface area contributed by atoms with Gasteiger partial charge in [-0.05, 0) is 55.3 Å². The van der Waals surface area contributed by atoms with E-state index in [2.05, 4.69) is 21.2 Å². The van der Waals surface area contributed by atoms with Gasteiger partial charge in [0.1, 0.15) is 11.4 Å². The topological polar surface area (TPSA) is 58.6 Å². The summed E-state index contributed by atoms with van der Waals surface area (Å²) in [5.41, 5.74) is -0.476. The number of halogens is 3. The van der Waals surface area contributed by atoms with Crippen LogP contribution >= 0.6 is 27.5 Å². The van der Waals surface area contributed by atoms with Crippen molar-refractivity contribution < 1.29 is 18.7 Å². The number of nitrogens with one attached hydrogen (secondary N) is 1. The van der Waals surface area contributed by atoms with Crippen molar-refractivity contribution in [1.29, 1.82) is 0 Å². The summed E-state index contributed by atoms with van der Waals surface area (Å²) in [5.74, 6) is -0.912. The van der Waals surface area contributed by atoms with Gasteiger partial charge in [0.2, 0.25) is 0 Å². The molecule has 0 aromatic heterocycles. The molecule has 0 aliphatic carbocycles. The lowest BCUT2D eigenvalue weighted by molar-refractivity contribution is 0.0502. The van der Waals surface area contributed by atoms with Crippen LogP contribution in [0.25, 0.3) is 0 Å². The summed E-state index contributed by atoms with van der Waals surface area (Å²) in [6.45, 7) is 6.11. The van der Waals surface area contributed by atoms with Gasteiger partial charge in [0.15, 0.2) is 0 Å². The molecule has 0 saturated carbocycles. The van der Waals surface area contributed by atoms with Gasteiger partial charge in [-0.2, -0.15) is 0 Å². The monoisotopic (exact) mass is 420 g/mol. The van der Waals surface area contributed by atoms with E-state index in [1.54, 1.807) is 20.8 Å². The lowest BCUT2D eigenvalue weighted by atomic mass is 10.2. The minimum Gasteiger partial charge on any atom is -0.444 e. The van der Waals surface area contributed by atoms with E-state index in [0.29, 0.717) is 19.5 Å². The lowest BCUT2D eigenvalue weighted by Gasteiger charge is -2.22. The molecule has 2 amide bonds. The van der Waals surface area contributed by atoms with Crippen LogP contribution in [0.4, 0.5) is 9.18 Å². The van der Waals surface area contributed by atoms with Crippen LogP contribution in [0, 0.1) is 5.82 Å². The zero-order valence-corrected chi connectivity index (χ0v) is 16.0. The number of carbonyl (C=O) groups is 2. The summed E-state index contributed by atoms with van der Waals surface area (Å²) in [5, 5.41) is 2.91. The van der Waals surface area contributed by atoms with Crippen LogP contribution in [-0.2, 0) is 4.74 Å². The number of alkyl carbamates (subject to hydrolysis) is 1. The number of nitrogens with zero attached hydrogens (tertiary/aromatic N) is 1. The average molecular weight is 422 g/mol. The second-order valence-corrected chi connectivity index (χ2v) is 7.89. The lowest BCUT2D eigenvalue weighted by Crippen LogP contribution is -2.41. The maximum absolute atomic E-state index is 13.7. The number of ether oxygens (including phenoxy) is 1. The number of likely N-dealkylation sites (tertiary alicyclic amines) is 1. The van der Waals surface area contributed by atoms with Crippen molar-refractivity contribution in [2.75, 3.05) is 13.1 Å². The molecule has 0 radical (unpaired) electrons. The molecule has 8 heteroatoms. The third-order valence-electron chi connectivity index (χ3n) is 3.44. The molecular weight excluding hydrogens is 403 g/mol. The van der Waals surface area contributed by atoms with Crippen molar-refractivity contribution in [3.8, 4) is 0 Å². The zero-order valence-electron chi connectivity index (χ0n) is 13.7. The van der Waals surface area contributed by atoms with Crippen molar-refractivity contribution in [3.05, 3.63) is 33.0 Å². The molecule has 24 heavy (non-hydrogen) atoms. The highest BCUT2D eigenvalue weighted by Crippen LogP contribution is 2.26. The highest BCUT2D eigenvalue weighted by atomic mass is 79.9. The molecule has 1 atom stereocenters. The van der Waals surface area contributed by atoms with Gasteiger partial charge in [-0.25, -0.2) is 9.18 Å². The largest absolute Gasteiger partial charge is 0.444 e. The van der Waals surface area contributed by atoms with Gasteiger partial charge in [0.25, 0.3) is 5.91 Å². The molecule has 1 saturated heterocycles. The molecule has 1 aromatic carbocycles. The van der Waals surface area contributed by atoms with Crippen LogP contribution in [0.2, 0.25) is 5.02 Å². The Morgan fingerprint density at radius 2 is 2.08 bits per heavy atom. The smallest absolute Gasteiger partial charge is 0.407 e. The van der Waals surface area contributed by atoms with Gasteiger partial charge in [0, 0.05) is 13.1 Å². The number of amides is 2. The third kappa shape index (κ3) is 4.83. The zero-order chi connectivity index (χ0) is 18.1. The molecule has 0 spiro atoms. The Balaban J connectivity index is 1.99.